The normalized spacial score (nSPS) is 22.8. The molecule has 3 nitrogen and oxygen atoms in total. The maximum Gasteiger partial charge on any atom is 0.416 e. The molecule has 0 aromatic heterocycles. The summed E-state index contributed by atoms with van der Waals surface area (Å²) in [5.41, 5.74) is 3.38. The van der Waals surface area contributed by atoms with Gasteiger partial charge >= 0.3 is 12.4 Å². The molecule has 0 radical (unpaired) electrons. The van der Waals surface area contributed by atoms with Crippen molar-refractivity contribution >= 4 is 0 Å². The van der Waals surface area contributed by atoms with Gasteiger partial charge in [0.1, 0.15) is 0 Å². The van der Waals surface area contributed by atoms with Crippen LogP contribution < -0.4 is 11.1 Å². The lowest BCUT2D eigenvalue weighted by atomic mass is 9.82. The third-order valence-electron chi connectivity index (χ3n) is 5.24. The molecule has 1 aliphatic heterocycles. The molecule has 9 heteroatoms. The number of hydrogen-bond acceptors (Lipinski definition) is 3. The Balaban J connectivity index is 1.80. The van der Waals surface area contributed by atoms with Crippen LogP contribution in [-0.2, 0) is 29.2 Å². The number of benzene rings is 2. The van der Waals surface area contributed by atoms with E-state index in [0.717, 1.165) is 5.56 Å². The molecule has 0 bridgehead atoms. The first-order chi connectivity index (χ1) is 14.0. The van der Waals surface area contributed by atoms with Crippen molar-refractivity contribution in [1.29, 1.82) is 0 Å². The van der Waals surface area contributed by atoms with Gasteiger partial charge in [0.2, 0.25) is 0 Å². The Morgan fingerprint density at radius 1 is 0.967 bits per heavy atom. The second kappa shape index (κ2) is 8.56. The van der Waals surface area contributed by atoms with Gasteiger partial charge in [0.25, 0.3) is 0 Å². The van der Waals surface area contributed by atoms with Crippen LogP contribution in [0.4, 0.5) is 26.3 Å². The zero-order valence-corrected chi connectivity index (χ0v) is 16.0. The number of nitrogens with two attached hydrogens (primary N) is 1. The predicted octanol–water partition coefficient (Wildman–Crippen LogP) is 4.85. The van der Waals surface area contributed by atoms with E-state index in [1.54, 1.807) is 0 Å². The number of alkyl halides is 6. The summed E-state index contributed by atoms with van der Waals surface area (Å²) < 4.78 is 83.9. The molecule has 3 rings (SSSR count). The van der Waals surface area contributed by atoms with Crippen LogP contribution in [-0.4, -0.2) is 19.2 Å². The quantitative estimate of drug-likeness (QED) is 0.665. The summed E-state index contributed by atoms with van der Waals surface area (Å²) in [5, 5.41) is 3.35. The molecular formula is C21H22F6N2O. The number of nitrogens with one attached hydrogen (secondary N) is 1. The van der Waals surface area contributed by atoms with Crippen molar-refractivity contribution in [1.82, 2.24) is 5.32 Å². The monoisotopic (exact) mass is 432 g/mol. The van der Waals surface area contributed by atoms with Crippen molar-refractivity contribution in [3.63, 3.8) is 0 Å². The summed E-state index contributed by atoms with van der Waals surface area (Å²) in [7, 11) is 0. The molecule has 0 amide bonds. The highest BCUT2D eigenvalue weighted by Crippen LogP contribution is 2.37. The molecule has 3 N–H and O–H groups in total. The maximum atomic E-state index is 13.0. The minimum Gasteiger partial charge on any atom is -0.374 e. The minimum atomic E-state index is -4.89. The van der Waals surface area contributed by atoms with Crippen LogP contribution >= 0.6 is 0 Å². The molecule has 164 valence electrons. The molecule has 2 atom stereocenters. The summed E-state index contributed by atoms with van der Waals surface area (Å²) in [5.74, 6) is 0. The fraction of sp³-hybridized carbons (Fsp3) is 0.429. The van der Waals surface area contributed by atoms with Gasteiger partial charge in [-0.05, 0) is 42.2 Å². The number of piperidine rings is 1. The number of rotatable bonds is 5. The van der Waals surface area contributed by atoms with Crippen LogP contribution in [0.15, 0.2) is 48.5 Å². The van der Waals surface area contributed by atoms with Gasteiger partial charge in [-0.25, -0.2) is 0 Å². The van der Waals surface area contributed by atoms with E-state index in [-0.39, 0.29) is 30.9 Å². The summed E-state index contributed by atoms with van der Waals surface area (Å²) in [6, 6.07) is 10.8. The van der Waals surface area contributed by atoms with Crippen molar-refractivity contribution in [2.75, 3.05) is 13.2 Å². The predicted molar refractivity (Wildman–Crippen MR) is 99.4 cm³/mol. The molecule has 1 heterocycles. The Kier molecular flexibility index (Phi) is 6.45. The molecule has 1 saturated heterocycles. The highest BCUT2D eigenvalue weighted by Gasteiger charge is 2.38. The largest absolute Gasteiger partial charge is 0.416 e. The fourth-order valence-corrected chi connectivity index (χ4v) is 3.60. The highest BCUT2D eigenvalue weighted by atomic mass is 19.4. The van der Waals surface area contributed by atoms with E-state index in [0.29, 0.717) is 31.5 Å². The van der Waals surface area contributed by atoms with Gasteiger partial charge in [-0.15, -0.1) is 0 Å². The third kappa shape index (κ3) is 5.33. The lowest BCUT2D eigenvalue weighted by Gasteiger charge is -2.41. The Morgan fingerprint density at radius 2 is 1.57 bits per heavy atom. The van der Waals surface area contributed by atoms with E-state index in [1.807, 2.05) is 30.3 Å². The minimum absolute atomic E-state index is 0.0281. The van der Waals surface area contributed by atoms with Gasteiger partial charge in [0, 0.05) is 12.6 Å². The van der Waals surface area contributed by atoms with Gasteiger partial charge in [-0.3, -0.25) is 0 Å². The highest BCUT2D eigenvalue weighted by molar-refractivity contribution is 5.33. The smallest absolute Gasteiger partial charge is 0.374 e. The number of halogens is 6. The van der Waals surface area contributed by atoms with Gasteiger partial charge in [-0.2, -0.15) is 26.3 Å². The molecule has 0 aliphatic carbocycles. The first kappa shape index (κ1) is 22.6. The maximum absolute atomic E-state index is 13.0. The first-order valence-corrected chi connectivity index (χ1v) is 9.42. The van der Waals surface area contributed by atoms with Gasteiger partial charge in [0.15, 0.2) is 0 Å². The van der Waals surface area contributed by atoms with Crippen LogP contribution in [0.25, 0.3) is 0 Å². The summed E-state index contributed by atoms with van der Waals surface area (Å²) in [6.45, 7) is 0.233. The lowest BCUT2D eigenvalue weighted by molar-refractivity contribution is -0.143. The molecule has 1 aliphatic rings. The topological polar surface area (TPSA) is 47.3 Å². The van der Waals surface area contributed by atoms with E-state index in [2.05, 4.69) is 5.32 Å². The summed E-state index contributed by atoms with van der Waals surface area (Å²) >= 11 is 0. The van der Waals surface area contributed by atoms with Crippen LogP contribution in [0.3, 0.4) is 0 Å². The van der Waals surface area contributed by atoms with E-state index < -0.39 is 29.0 Å². The van der Waals surface area contributed by atoms with Crippen molar-refractivity contribution in [3.8, 4) is 0 Å². The molecule has 0 spiro atoms. The van der Waals surface area contributed by atoms with E-state index in [9.17, 15) is 26.3 Å². The fourth-order valence-electron chi connectivity index (χ4n) is 3.60. The lowest BCUT2D eigenvalue weighted by Crippen LogP contribution is -2.55. The molecule has 2 aromatic carbocycles. The van der Waals surface area contributed by atoms with Crippen molar-refractivity contribution in [3.05, 3.63) is 70.8 Å². The van der Waals surface area contributed by atoms with E-state index >= 15 is 0 Å². The third-order valence-corrected chi connectivity index (χ3v) is 5.24. The summed E-state index contributed by atoms with van der Waals surface area (Å²) in [4.78, 5) is 0. The zero-order valence-electron chi connectivity index (χ0n) is 16.0. The average Bonchev–Trinajstić information content (AvgIpc) is 2.69. The van der Waals surface area contributed by atoms with Crippen LogP contribution in [0.5, 0.6) is 0 Å². The number of hydrogen-bond donors (Lipinski definition) is 2. The van der Waals surface area contributed by atoms with E-state index in [4.69, 9.17) is 10.5 Å². The second-order valence-electron chi connectivity index (χ2n) is 7.53. The standard InChI is InChI=1S/C21H22F6N2O/c22-20(23,24)16-8-14(9-17(10-16)21(25,26)27)12-30-13-19(7-6-18(28)11-29-19)15-4-2-1-3-5-15/h1-5,8-10,18,29H,6-7,11-13,28H2/t18-,19+/m0/s1. The Morgan fingerprint density at radius 3 is 2.07 bits per heavy atom. The molecule has 0 unspecified atom stereocenters. The Bertz CT molecular complexity index is 811. The van der Waals surface area contributed by atoms with Gasteiger partial charge < -0.3 is 15.8 Å². The Labute approximate surface area is 170 Å². The number of ether oxygens (including phenoxy) is 1. The first-order valence-electron chi connectivity index (χ1n) is 9.42. The molecular weight excluding hydrogens is 410 g/mol. The molecule has 0 saturated carbocycles. The molecule has 30 heavy (non-hydrogen) atoms. The van der Waals surface area contributed by atoms with Crippen molar-refractivity contribution in [2.24, 2.45) is 5.73 Å². The van der Waals surface area contributed by atoms with Crippen LogP contribution in [0, 0.1) is 0 Å². The van der Waals surface area contributed by atoms with Gasteiger partial charge in [-0.1, -0.05) is 30.3 Å². The zero-order chi connectivity index (χ0) is 22.0. The Hall–Kier alpha value is -2.10. The van der Waals surface area contributed by atoms with Gasteiger partial charge in [0.05, 0.1) is 29.9 Å². The van der Waals surface area contributed by atoms with Crippen LogP contribution in [0.1, 0.15) is 35.1 Å². The summed E-state index contributed by atoms with van der Waals surface area (Å²) in [6.07, 6.45) is -8.42. The van der Waals surface area contributed by atoms with Crippen molar-refractivity contribution < 1.29 is 31.1 Å². The molecule has 2 aromatic rings. The second-order valence-corrected chi connectivity index (χ2v) is 7.53. The average molecular weight is 432 g/mol. The van der Waals surface area contributed by atoms with Crippen LogP contribution in [0.2, 0.25) is 0 Å². The van der Waals surface area contributed by atoms with Crippen molar-refractivity contribution in [2.45, 2.75) is 43.4 Å². The SMILES string of the molecule is N[C@H]1CC[C@@](COCc2cc(C(F)(F)F)cc(C(F)(F)F)c2)(c2ccccc2)NC1. The molecule has 1 fully saturated rings. The van der Waals surface area contributed by atoms with E-state index in [1.165, 1.54) is 0 Å².